The molecule has 0 saturated carbocycles. The zero-order valence-corrected chi connectivity index (χ0v) is 24.1. The van der Waals surface area contributed by atoms with Crippen molar-refractivity contribution in [3.05, 3.63) is 35.4 Å². The maximum Gasteiger partial charge on any atom is 0.248 e. The number of piperidine rings is 2. The van der Waals surface area contributed by atoms with Gasteiger partial charge in [-0.2, -0.15) is 0 Å². The number of carbonyl (C=O) groups is 2. The van der Waals surface area contributed by atoms with E-state index < -0.39 is 17.7 Å². The lowest BCUT2D eigenvalue weighted by Crippen LogP contribution is -2.74. The van der Waals surface area contributed by atoms with Crippen molar-refractivity contribution < 1.29 is 19.8 Å². The molecule has 4 rings (SSSR count). The van der Waals surface area contributed by atoms with Crippen LogP contribution >= 0.6 is 12.4 Å². The lowest BCUT2D eigenvalue weighted by atomic mass is 9.80. The molecular weight excluding hydrogens is 504 g/mol. The largest absolute Gasteiger partial charge is 0.393 e. The van der Waals surface area contributed by atoms with Gasteiger partial charge in [-0.05, 0) is 49.1 Å². The molecule has 0 radical (unpaired) electrons. The number of benzene rings is 1. The van der Waals surface area contributed by atoms with E-state index in [0.29, 0.717) is 19.4 Å². The third-order valence-electron chi connectivity index (χ3n) is 8.59. The number of piperazine rings is 1. The van der Waals surface area contributed by atoms with Crippen LogP contribution in [-0.2, 0) is 22.7 Å². The second-order valence-corrected chi connectivity index (χ2v) is 11.7. The van der Waals surface area contributed by atoms with E-state index >= 15 is 0 Å². The van der Waals surface area contributed by atoms with E-state index in [1.54, 1.807) is 4.90 Å². The monoisotopic (exact) mass is 550 g/mol. The molecule has 3 N–H and O–H groups in total. The predicted molar refractivity (Wildman–Crippen MR) is 151 cm³/mol. The van der Waals surface area contributed by atoms with Crippen LogP contribution in [0, 0.1) is 5.92 Å². The molecule has 1 aromatic rings. The van der Waals surface area contributed by atoms with Crippen molar-refractivity contribution in [2.75, 3.05) is 32.7 Å². The quantitative estimate of drug-likeness (QED) is 0.437. The van der Waals surface area contributed by atoms with Gasteiger partial charge < -0.3 is 20.4 Å². The number of carbonyl (C=O) groups excluding carboxylic acids is 2. The van der Waals surface area contributed by atoms with Gasteiger partial charge in [0.25, 0.3) is 0 Å². The van der Waals surface area contributed by atoms with Crippen molar-refractivity contribution in [2.45, 2.75) is 96.2 Å². The van der Waals surface area contributed by atoms with Crippen LogP contribution in [0.3, 0.4) is 0 Å². The van der Waals surface area contributed by atoms with E-state index in [9.17, 15) is 19.8 Å². The van der Waals surface area contributed by atoms with Gasteiger partial charge in [-0.3, -0.25) is 19.4 Å². The molecule has 0 bridgehead atoms. The summed E-state index contributed by atoms with van der Waals surface area (Å²) in [6.45, 7) is 11.5. The third kappa shape index (κ3) is 6.89. The number of aliphatic hydroxyl groups is 2. The number of halogens is 1. The molecule has 0 aliphatic carbocycles. The summed E-state index contributed by atoms with van der Waals surface area (Å²) in [4.78, 5) is 33.5. The SMILES string of the molecule is CCCCN1C(=O)C(C(O)C(C)C)NC(=O)C12CCN(Cc1ccc(CN3CCC(O)CC3)cc1)CC2.Cl. The molecule has 8 nitrogen and oxygen atoms in total. The normalized spacial score (nSPS) is 23.9. The summed E-state index contributed by atoms with van der Waals surface area (Å²) in [5, 5.41) is 23.2. The van der Waals surface area contributed by atoms with Crippen molar-refractivity contribution in [1.82, 2.24) is 20.0 Å². The van der Waals surface area contributed by atoms with E-state index in [-0.39, 0.29) is 36.2 Å². The summed E-state index contributed by atoms with van der Waals surface area (Å²) in [6, 6.07) is 7.93. The van der Waals surface area contributed by atoms with Crippen molar-refractivity contribution in [3.63, 3.8) is 0 Å². The highest BCUT2D eigenvalue weighted by atomic mass is 35.5. The fourth-order valence-corrected chi connectivity index (χ4v) is 6.02. The maximum atomic E-state index is 13.5. The van der Waals surface area contributed by atoms with Gasteiger partial charge in [0.05, 0.1) is 12.2 Å². The highest BCUT2D eigenvalue weighted by molar-refractivity contribution is 6.00. The summed E-state index contributed by atoms with van der Waals surface area (Å²) < 4.78 is 0. The molecule has 2 amide bonds. The second-order valence-electron chi connectivity index (χ2n) is 11.7. The van der Waals surface area contributed by atoms with Crippen LogP contribution in [-0.4, -0.2) is 93.2 Å². The number of likely N-dealkylation sites (tertiary alicyclic amines) is 2. The van der Waals surface area contributed by atoms with Gasteiger partial charge in [-0.25, -0.2) is 0 Å². The fourth-order valence-electron chi connectivity index (χ4n) is 6.02. The standard InChI is InChI=1S/C29H46N4O4.ClH/c1-4-5-14-33-27(36)25(26(35)21(2)3)30-28(37)29(33)12-17-32(18-13-29)20-23-8-6-22(7-9-23)19-31-15-10-24(34)11-16-31;/h6-9,21,24-26,34-35H,4-5,10-20H2,1-3H3,(H,30,37);1H. The predicted octanol–water partition coefficient (Wildman–Crippen LogP) is 2.54. The molecule has 1 spiro atoms. The molecule has 3 fully saturated rings. The molecule has 3 aliphatic rings. The molecule has 3 heterocycles. The second kappa shape index (κ2) is 13.6. The molecular formula is C29H47ClN4O4. The van der Waals surface area contributed by atoms with Crippen LogP contribution in [0.4, 0.5) is 0 Å². The van der Waals surface area contributed by atoms with Crippen molar-refractivity contribution >= 4 is 24.2 Å². The first kappa shape index (κ1) is 30.8. The highest BCUT2D eigenvalue weighted by Gasteiger charge is 2.54. The van der Waals surface area contributed by atoms with E-state index in [2.05, 4.69) is 46.3 Å². The molecule has 3 saturated heterocycles. The lowest BCUT2D eigenvalue weighted by Gasteiger charge is -2.52. The molecule has 1 aromatic carbocycles. The van der Waals surface area contributed by atoms with Crippen molar-refractivity contribution in [1.29, 1.82) is 0 Å². The highest BCUT2D eigenvalue weighted by Crippen LogP contribution is 2.35. The molecule has 2 atom stereocenters. The van der Waals surface area contributed by atoms with Gasteiger partial charge in [0.1, 0.15) is 11.6 Å². The molecule has 0 aromatic heterocycles. The smallest absolute Gasteiger partial charge is 0.248 e. The zero-order valence-electron chi connectivity index (χ0n) is 23.3. The minimum Gasteiger partial charge on any atom is -0.393 e. The number of hydrogen-bond donors (Lipinski definition) is 3. The van der Waals surface area contributed by atoms with Crippen molar-refractivity contribution in [3.8, 4) is 0 Å². The lowest BCUT2D eigenvalue weighted by molar-refractivity contribution is -0.165. The Labute approximate surface area is 234 Å². The Balaban J connectivity index is 0.00000400. The Morgan fingerprint density at radius 2 is 1.50 bits per heavy atom. The Bertz CT molecular complexity index is 912. The van der Waals surface area contributed by atoms with E-state index in [4.69, 9.17) is 0 Å². The number of rotatable bonds is 9. The van der Waals surface area contributed by atoms with Crippen LogP contribution in [0.1, 0.15) is 70.4 Å². The minimum absolute atomic E-state index is 0. The van der Waals surface area contributed by atoms with Gasteiger partial charge in [0, 0.05) is 45.8 Å². The summed E-state index contributed by atoms with van der Waals surface area (Å²) in [5.41, 5.74) is 1.72. The first-order valence-corrected chi connectivity index (χ1v) is 14.2. The molecule has 3 aliphatic heterocycles. The van der Waals surface area contributed by atoms with Gasteiger partial charge in [-0.1, -0.05) is 51.5 Å². The fraction of sp³-hybridized carbons (Fsp3) is 0.724. The molecule has 2 unspecified atom stereocenters. The number of unbranched alkanes of at least 4 members (excludes halogenated alkanes) is 1. The van der Waals surface area contributed by atoms with Gasteiger partial charge in [0.2, 0.25) is 11.8 Å². The van der Waals surface area contributed by atoms with E-state index in [1.165, 1.54) is 11.1 Å². The maximum absolute atomic E-state index is 13.5. The van der Waals surface area contributed by atoms with E-state index in [0.717, 1.165) is 65.0 Å². The Kier molecular flexibility index (Phi) is 11.0. The Morgan fingerprint density at radius 1 is 0.974 bits per heavy atom. The first-order chi connectivity index (χ1) is 17.7. The topological polar surface area (TPSA) is 96.4 Å². The number of aliphatic hydroxyl groups excluding tert-OH is 2. The van der Waals surface area contributed by atoms with Gasteiger partial charge in [0.15, 0.2) is 0 Å². The number of nitrogens with zero attached hydrogens (tertiary/aromatic N) is 3. The number of nitrogens with one attached hydrogen (secondary N) is 1. The van der Waals surface area contributed by atoms with Gasteiger partial charge in [-0.15, -0.1) is 12.4 Å². The van der Waals surface area contributed by atoms with Crippen LogP contribution in [0.5, 0.6) is 0 Å². The Hall–Kier alpha value is -1.71. The van der Waals surface area contributed by atoms with Crippen LogP contribution < -0.4 is 5.32 Å². The summed E-state index contributed by atoms with van der Waals surface area (Å²) in [7, 11) is 0. The first-order valence-electron chi connectivity index (χ1n) is 14.2. The number of hydrogen-bond acceptors (Lipinski definition) is 6. The van der Waals surface area contributed by atoms with Gasteiger partial charge >= 0.3 is 0 Å². The molecule has 38 heavy (non-hydrogen) atoms. The van der Waals surface area contributed by atoms with Crippen molar-refractivity contribution in [2.24, 2.45) is 5.92 Å². The van der Waals surface area contributed by atoms with Crippen LogP contribution in [0.15, 0.2) is 24.3 Å². The number of amides is 2. The van der Waals surface area contributed by atoms with Crippen LogP contribution in [0.25, 0.3) is 0 Å². The average molecular weight is 551 g/mol. The summed E-state index contributed by atoms with van der Waals surface area (Å²) in [5.74, 6) is -0.360. The Morgan fingerprint density at radius 3 is 2.00 bits per heavy atom. The average Bonchev–Trinajstić information content (AvgIpc) is 2.89. The zero-order chi connectivity index (χ0) is 26.6. The molecule has 9 heteroatoms. The van der Waals surface area contributed by atoms with E-state index in [1.807, 2.05) is 13.8 Å². The third-order valence-corrected chi connectivity index (χ3v) is 8.59. The molecule has 214 valence electrons. The summed E-state index contributed by atoms with van der Waals surface area (Å²) >= 11 is 0. The minimum atomic E-state index is -0.887. The summed E-state index contributed by atoms with van der Waals surface area (Å²) in [6.07, 6.45) is 3.68. The van der Waals surface area contributed by atoms with Crippen LogP contribution in [0.2, 0.25) is 0 Å².